The van der Waals surface area contributed by atoms with Gasteiger partial charge in [0.25, 0.3) is 5.91 Å². The fourth-order valence-corrected chi connectivity index (χ4v) is 3.00. The number of ether oxygens (including phenoxy) is 1. The first-order chi connectivity index (χ1) is 11.7. The van der Waals surface area contributed by atoms with Gasteiger partial charge >= 0.3 is 6.09 Å². The Labute approximate surface area is 149 Å². The van der Waals surface area contributed by atoms with Crippen LogP contribution in [0.4, 0.5) is 4.79 Å². The SMILES string of the molecule is CON(C)C(=O)c1ccccc1C1CCN(C(=O)OC(C)(C)C)CC1. The second kappa shape index (κ2) is 7.87. The van der Waals surface area contributed by atoms with Gasteiger partial charge in [-0.1, -0.05) is 18.2 Å². The lowest BCUT2D eigenvalue weighted by Gasteiger charge is -2.34. The second-order valence-corrected chi connectivity index (χ2v) is 7.31. The van der Waals surface area contributed by atoms with Gasteiger partial charge in [-0.2, -0.15) is 0 Å². The van der Waals surface area contributed by atoms with Crippen LogP contribution in [0.3, 0.4) is 0 Å². The first-order valence-corrected chi connectivity index (χ1v) is 8.62. The first-order valence-electron chi connectivity index (χ1n) is 8.62. The molecule has 1 aliphatic rings. The van der Waals surface area contributed by atoms with E-state index in [0.717, 1.165) is 18.4 Å². The van der Waals surface area contributed by atoms with Gasteiger partial charge in [0.1, 0.15) is 5.60 Å². The normalized spacial score (nSPS) is 15.8. The standard InChI is InChI=1S/C19H28N2O4/c1-19(2,3)25-18(23)21-12-10-14(11-13-21)15-8-6-7-9-16(15)17(22)20(4)24-5/h6-9,14H,10-13H2,1-5H3. The largest absolute Gasteiger partial charge is 0.444 e. The van der Waals surface area contributed by atoms with Gasteiger partial charge in [0.15, 0.2) is 0 Å². The third-order valence-corrected chi connectivity index (χ3v) is 4.34. The Kier molecular flexibility index (Phi) is 6.06. The molecule has 0 saturated carbocycles. The Bertz CT molecular complexity index is 616. The molecule has 25 heavy (non-hydrogen) atoms. The van der Waals surface area contributed by atoms with Crippen LogP contribution < -0.4 is 0 Å². The van der Waals surface area contributed by atoms with E-state index in [1.165, 1.54) is 12.2 Å². The number of hydroxylamine groups is 2. The lowest BCUT2D eigenvalue weighted by atomic mass is 9.86. The van der Waals surface area contributed by atoms with E-state index >= 15 is 0 Å². The van der Waals surface area contributed by atoms with Crippen molar-refractivity contribution in [2.75, 3.05) is 27.2 Å². The summed E-state index contributed by atoms with van der Waals surface area (Å²) in [7, 11) is 3.07. The van der Waals surface area contributed by atoms with E-state index in [1.807, 2.05) is 45.0 Å². The van der Waals surface area contributed by atoms with E-state index in [1.54, 1.807) is 11.9 Å². The third kappa shape index (κ3) is 4.95. The number of carbonyl (C=O) groups excluding carboxylic acids is 2. The number of hydrogen-bond donors (Lipinski definition) is 0. The molecule has 2 amide bonds. The van der Waals surface area contributed by atoms with Crippen molar-refractivity contribution in [3.8, 4) is 0 Å². The molecular formula is C19H28N2O4. The fourth-order valence-electron chi connectivity index (χ4n) is 3.00. The summed E-state index contributed by atoms with van der Waals surface area (Å²) in [6.45, 7) is 6.86. The second-order valence-electron chi connectivity index (χ2n) is 7.31. The molecule has 0 bridgehead atoms. The highest BCUT2D eigenvalue weighted by atomic mass is 16.7. The summed E-state index contributed by atoms with van der Waals surface area (Å²) in [6.07, 6.45) is 1.34. The summed E-state index contributed by atoms with van der Waals surface area (Å²) in [5, 5.41) is 1.23. The number of likely N-dealkylation sites (tertiary alicyclic amines) is 1. The smallest absolute Gasteiger partial charge is 0.410 e. The van der Waals surface area contributed by atoms with Gasteiger partial charge in [0.2, 0.25) is 0 Å². The molecule has 0 atom stereocenters. The van der Waals surface area contributed by atoms with E-state index in [4.69, 9.17) is 9.57 Å². The maximum atomic E-state index is 12.5. The molecule has 138 valence electrons. The minimum absolute atomic E-state index is 0.160. The van der Waals surface area contributed by atoms with Gasteiger partial charge in [0, 0.05) is 25.7 Å². The topological polar surface area (TPSA) is 59.1 Å². The van der Waals surface area contributed by atoms with Gasteiger partial charge in [-0.15, -0.1) is 0 Å². The van der Waals surface area contributed by atoms with Crippen LogP contribution in [0.2, 0.25) is 0 Å². The van der Waals surface area contributed by atoms with Gasteiger partial charge in [-0.25, -0.2) is 9.86 Å². The molecular weight excluding hydrogens is 320 g/mol. The molecule has 1 aromatic carbocycles. The highest BCUT2D eigenvalue weighted by Crippen LogP contribution is 2.31. The molecule has 1 saturated heterocycles. The molecule has 0 unspecified atom stereocenters. The lowest BCUT2D eigenvalue weighted by Crippen LogP contribution is -2.41. The molecule has 1 aromatic rings. The fraction of sp³-hybridized carbons (Fsp3) is 0.579. The van der Waals surface area contributed by atoms with Crippen LogP contribution in [0.25, 0.3) is 0 Å². The monoisotopic (exact) mass is 348 g/mol. The zero-order valence-electron chi connectivity index (χ0n) is 15.7. The van der Waals surface area contributed by atoms with Gasteiger partial charge in [-0.05, 0) is 51.2 Å². The molecule has 0 spiro atoms. The summed E-state index contributed by atoms with van der Waals surface area (Å²) >= 11 is 0. The average molecular weight is 348 g/mol. The maximum Gasteiger partial charge on any atom is 0.410 e. The number of amides is 2. The minimum atomic E-state index is -0.488. The van der Waals surface area contributed by atoms with Crippen LogP contribution in [0, 0.1) is 0 Å². The van der Waals surface area contributed by atoms with E-state index in [-0.39, 0.29) is 17.9 Å². The molecule has 1 heterocycles. The zero-order valence-corrected chi connectivity index (χ0v) is 15.7. The van der Waals surface area contributed by atoms with Crippen LogP contribution in [-0.2, 0) is 9.57 Å². The number of benzene rings is 1. The summed E-state index contributed by atoms with van der Waals surface area (Å²) in [6, 6.07) is 7.62. The third-order valence-electron chi connectivity index (χ3n) is 4.34. The number of piperidine rings is 1. The Morgan fingerprint density at radius 3 is 2.32 bits per heavy atom. The van der Waals surface area contributed by atoms with Crippen molar-refractivity contribution in [2.45, 2.75) is 45.1 Å². The van der Waals surface area contributed by atoms with Gasteiger partial charge in [-0.3, -0.25) is 9.63 Å². The van der Waals surface area contributed by atoms with E-state index in [9.17, 15) is 9.59 Å². The van der Waals surface area contributed by atoms with Crippen LogP contribution >= 0.6 is 0 Å². The summed E-state index contributed by atoms with van der Waals surface area (Å²) in [5.41, 5.74) is 1.18. The molecule has 1 aliphatic heterocycles. The lowest BCUT2D eigenvalue weighted by molar-refractivity contribution is -0.0758. The number of nitrogens with zero attached hydrogens (tertiary/aromatic N) is 2. The van der Waals surface area contributed by atoms with Crippen molar-refractivity contribution in [2.24, 2.45) is 0 Å². The van der Waals surface area contributed by atoms with Gasteiger partial charge < -0.3 is 9.64 Å². The predicted molar refractivity (Wildman–Crippen MR) is 95.3 cm³/mol. The highest BCUT2D eigenvalue weighted by molar-refractivity contribution is 5.95. The maximum absolute atomic E-state index is 12.5. The molecule has 6 nitrogen and oxygen atoms in total. The summed E-state index contributed by atoms with van der Waals surface area (Å²) < 4.78 is 5.44. The summed E-state index contributed by atoms with van der Waals surface area (Å²) in [5.74, 6) is 0.0803. The highest BCUT2D eigenvalue weighted by Gasteiger charge is 2.29. The van der Waals surface area contributed by atoms with Crippen molar-refractivity contribution < 1.29 is 19.2 Å². The molecule has 1 fully saturated rings. The molecule has 0 aliphatic carbocycles. The quantitative estimate of drug-likeness (QED) is 0.785. The Hall–Kier alpha value is -2.08. The zero-order chi connectivity index (χ0) is 18.6. The van der Waals surface area contributed by atoms with Crippen LogP contribution in [-0.4, -0.2) is 54.8 Å². The number of hydrogen-bond acceptors (Lipinski definition) is 4. The van der Waals surface area contributed by atoms with Crippen molar-refractivity contribution in [3.05, 3.63) is 35.4 Å². The van der Waals surface area contributed by atoms with Crippen molar-refractivity contribution in [1.82, 2.24) is 9.96 Å². The average Bonchev–Trinajstić information content (AvgIpc) is 2.59. The number of carbonyl (C=O) groups is 2. The van der Waals surface area contributed by atoms with Crippen LogP contribution in [0.5, 0.6) is 0 Å². The summed E-state index contributed by atoms with van der Waals surface area (Å²) in [4.78, 5) is 31.4. The van der Waals surface area contributed by atoms with Crippen molar-refractivity contribution in [3.63, 3.8) is 0 Å². The Balaban J connectivity index is 2.06. The number of rotatable bonds is 3. The Morgan fingerprint density at radius 2 is 1.76 bits per heavy atom. The molecule has 0 N–H and O–H groups in total. The predicted octanol–water partition coefficient (Wildman–Crippen LogP) is 3.43. The molecule has 0 aromatic heterocycles. The van der Waals surface area contributed by atoms with Crippen molar-refractivity contribution in [1.29, 1.82) is 0 Å². The molecule has 0 radical (unpaired) electrons. The van der Waals surface area contributed by atoms with E-state index in [2.05, 4.69) is 0 Å². The molecule has 2 rings (SSSR count). The van der Waals surface area contributed by atoms with Crippen LogP contribution in [0.1, 0.15) is 55.5 Å². The minimum Gasteiger partial charge on any atom is -0.444 e. The van der Waals surface area contributed by atoms with Gasteiger partial charge in [0.05, 0.1) is 7.11 Å². The molecule has 6 heteroatoms. The Morgan fingerprint density at radius 1 is 1.16 bits per heavy atom. The van der Waals surface area contributed by atoms with E-state index < -0.39 is 5.60 Å². The van der Waals surface area contributed by atoms with Crippen molar-refractivity contribution >= 4 is 12.0 Å². The van der Waals surface area contributed by atoms with E-state index in [0.29, 0.717) is 18.7 Å². The first kappa shape index (κ1) is 19.2. The van der Waals surface area contributed by atoms with Crippen LogP contribution in [0.15, 0.2) is 24.3 Å².